The fraction of sp³-hybridized carbons (Fsp3) is 0.714. The summed E-state index contributed by atoms with van der Waals surface area (Å²) in [4.78, 5) is 22.5. The van der Waals surface area contributed by atoms with Crippen LogP contribution in [-0.2, 0) is 27.9 Å². The summed E-state index contributed by atoms with van der Waals surface area (Å²) >= 11 is 0. The van der Waals surface area contributed by atoms with E-state index in [1.54, 1.807) is 21.1 Å². The van der Waals surface area contributed by atoms with Crippen LogP contribution in [0, 0.1) is 0 Å². The predicted molar refractivity (Wildman–Crippen MR) is 84.7 cm³/mol. The van der Waals surface area contributed by atoms with Gasteiger partial charge in [0.25, 0.3) is 0 Å². The van der Waals surface area contributed by atoms with Crippen molar-refractivity contribution >= 4 is 20.5 Å². The molecule has 8 heteroatoms. The van der Waals surface area contributed by atoms with E-state index in [0.717, 1.165) is 12.5 Å². The van der Waals surface area contributed by atoms with E-state index in [-0.39, 0.29) is 25.7 Å². The van der Waals surface area contributed by atoms with Crippen molar-refractivity contribution in [2.45, 2.75) is 25.9 Å². The normalized spacial score (nSPS) is 11.1. The second kappa shape index (κ2) is 11.4. The second-order valence-electron chi connectivity index (χ2n) is 4.96. The highest BCUT2D eigenvalue weighted by atomic mass is 28.4. The molecule has 0 heterocycles. The van der Waals surface area contributed by atoms with Crippen LogP contribution in [0.25, 0.3) is 0 Å². The molecular formula is C14H27NO6Si. The molecule has 0 aliphatic rings. The van der Waals surface area contributed by atoms with Crippen molar-refractivity contribution in [2.75, 3.05) is 40.5 Å². The molecule has 0 aromatic rings. The zero-order valence-corrected chi connectivity index (χ0v) is 14.9. The number of carbonyl (C=O) groups excluding carboxylic acids is 2. The van der Waals surface area contributed by atoms with Gasteiger partial charge in [-0.2, -0.15) is 0 Å². The van der Waals surface area contributed by atoms with Crippen molar-refractivity contribution < 1.29 is 27.9 Å². The van der Waals surface area contributed by atoms with E-state index in [0.29, 0.717) is 12.1 Å². The van der Waals surface area contributed by atoms with E-state index >= 15 is 0 Å². The minimum atomic E-state index is -2.03. The Bertz CT molecular complexity index is 370. The molecule has 128 valence electrons. The molecule has 0 aliphatic heterocycles. The Labute approximate surface area is 133 Å². The number of ether oxygens (including phenoxy) is 2. The Balaban J connectivity index is 3.58. The quantitative estimate of drug-likeness (QED) is 0.247. The molecule has 0 rings (SSSR count). The third kappa shape index (κ3) is 9.67. The Kier molecular flexibility index (Phi) is 10.7. The van der Waals surface area contributed by atoms with Crippen LogP contribution in [0.4, 0.5) is 0 Å². The first-order valence-corrected chi connectivity index (χ1v) is 9.66. The van der Waals surface area contributed by atoms with Crippen LogP contribution in [0.5, 0.6) is 0 Å². The molecule has 0 unspecified atom stereocenters. The minimum absolute atomic E-state index is 0.0308. The summed E-state index contributed by atoms with van der Waals surface area (Å²) in [5.74, 6) is -0.873. The molecule has 0 bridgehead atoms. The molecule has 0 amide bonds. The largest absolute Gasteiger partial charge is 0.461 e. The van der Waals surface area contributed by atoms with Gasteiger partial charge in [0.1, 0.15) is 13.2 Å². The van der Waals surface area contributed by atoms with Crippen LogP contribution in [0.3, 0.4) is 0 Å². The van der Waals surface area contributed by atoms with Crippen molar-refractivity contribution in [3.05, 3.63) is 12.2 Å². The molecule has 1 N–H and O–H groups in total. The van der Waals surface area contributed by atoms with E-state index < -0.39 is 14.5 Å². The highest BCUT2D eigenvalue weighted by Gasteiger charge is 2.27. The maximum Gasteiger partial charge on any atom is 0.334 e. The van der Waals surface area contributed by atoms with E-state index in [1.807, 2.05) is 6.55 Å². The highest BCUT2D eigenvalue weighted by molar-refractivity contribution is 6.65. The smallest absolute Gasteiger partial charge is 0.334 e. The third-order valence-electron chi connectivity index (χ3n) is 3.05. The van der Waals surface area contributed by atoms with Gasteiger partial charge in [-0.1, -0.05) is 6.58 Å². The predicted octanol–water partition coefficient (Wildman–Crippen LogP) is 0.993. The zero-order chi connectivity index (χ0) is 17.0. The van der Waals surface area contributed by atoms with Gasteiger partial charge in [0.2, 0.25) is 0 Å². The molecule has 0 aromatic carbocycles. The van der Waals surface area contributed by atoms with Gasteiger partial charge in [-0.25, -0.2) is 4.79 Å². The lowest BCUT2D eigenvalue weighted by atomic mass is 10.4. The summed E-state index contributed by atoms with van der Waals surface area (Å²) in [5, 5.41) is 2.99. The van der Waals surface area contributed by atoms with Gasteiger partial charge in [0.15, 0.2) is 0 Å². The van der Waals surface area contributed by atoms with E-state index in [2.05, 4.69) is 11.9 Å². The van der Waals surface area contributed by atoms with E-state index in [1.165, 1.54) is 0 Å². The van der Waals surface area contributed by atoms with Gasteiger partial charge in [-0.3, -0.25) is 4.79 Å². The number of rotatable bonds is 12. The van der Waals surface area contributed by atoms with Crippen molar-refractivity contribution in [1.82, 2.24) is 5.32 Å². The molecule has 0 fully saturated rings. The highest BCUT2D eigenvalue weighted by Crippen LogP contribution is 2.12. The van der Waals surface area contributed by atoms with Crippen molar-refractivity contribution in [2.24, 2.45) is 0 Å². The number of esters is 2. The van der Waals surface area contributed by atoms with Crippen molar-refractivity contribution in [3.63, 3.8) is 0 Å². The van der Waals surface area contributed by atoms with Gasteiger partial charge in [0.05, 0.1) is 6.54 Å². The number of hydrogen-bond acceptors (Lipinski definition) is 7. The topological polar surface area (TPSA) is 83.1 Å². The monoisotopic (exact) mass is 333 g/mol. The third-order valence-corrected chi connectivity index (χ3v) is 6.03. The number of hydrogen-bond donors (Lipinski definition) is 1. The molecule has 0 atom stereocenters. The van der Waals surface area contributed by atoms with E-state index in [9.17, 15) is 9.59 Å². The van der Waals surface area contributed by atoms with Crippen molar-refractivity contribution in [3.8, 4) is 0 Å². The lowest BCUT2D eigenvalue weighted by Crippen LogP contribution is -2.37. The van der Waals surface area contributed by atoms with Crippen LogP contribution in [0.2, 0.25) is 12.6 Å². The van der Waals surface area contributed by atoms with E-state index in [4.69, 9.17) is 18.3 Å². The molecule has 0 aliphatic carbocycles. The number of carbonyl (C=O) groups is 2. The summed E-state index contributed by atoms with van der Waals surface area (Å²) < 4.78 is 20.4. The average Bonchev–Trinajstić information content (AvgIpc) is 2.50. The Hall–Kier alpha value is -1.22. The van der Waals surface area contributed by atoms with Gasteiger partial charge >= 0.3 is 20.5 Å². The first kappa shape index (κ1) is 20.8. The summed E-state index contributed by atoms with van der Waals surface area (Å²) in [5.41, 5.74) is 0.315. The van der Waals surface area contributed by atoms with Crippen LogP contribution in [0.1, 0.15) is 13.3 Å². The fourth-order valence-corrected chi connectivity index (χ4v) is 2.87. The lowest BCUT2D eigenvalue weighted by Gasteiger charge is -2.22. The zero-order valence-electron chi connectivity index (χ0n) is 13.9. The molecule has 0 aromatic heterocycles. The van der Waals surface area contributed by atoms with Crippen LogP contribution in [-0.4, -0.2) is 61.0 Å². The Morgan fingerprint density at radius 2 is 1.73 bits per heavy atom. The Morgan fingerprint density at radius 3 is 2.27 bits per heavy atom. The summed E-state index contributed by atoms with van der Waals surface area (Å²) in [6.45, 7) is 7.86. The molecule has 7 nitrogen and oxygen atoms in total. The molecule has 0 spiro atoms. The summed E-state index contributed by atoms with van der Waals surface area (Å²) in [7, 11) is 1.28. The Morgan fingerprint density at radius 1 is 1.14 bits per heavy atom. The lowest BCUT2D eigenvalue weighted by molar-refractivity contribution is -0.149. The van der Waals surface area contributed by atoms with Gasteiger partial charge < -0.3 is 23.6 Å². The minimum Gasteiger partial charge on any atom is -0.461 e. The van der Waals surface area contributed by atoms with Crippen LogP contribution >= 0.6 is 0 Å². The summed E-state index contributed by atoms with van der Waals surface area (Å²) in [6.07, 6.45) is 0.855. The maximum atomic E-state index is 11.4. The first-order chi connectivity index (χ1) is 10.3. The second-order valence-corrected chi connectivity index (χ2v) is 8.54. The van der Waals surface area contributed by atoms with Gasteiger partial charge in [0, 0.05) is 19.8 Å². The van der Waals surface area contributed by atoms with Crippen LogP contribution < -0.4 is 5.32 Å². The standard InChI is InChI=1S/C14H27NO6Si/c1-12(2)14(17)21-9-8-20-13(16)11-15-7-6-10-22(5,18-3)19-4/h15H,1,6-11H2,2-5H3. The maximum absolute atomic E-state index is 11.4. The molecular weight excluding hydrogens is 306 g/mol. The molecule has 0 saturated heterocycles. The van der Waals surface area contributed by atoms with Crippen molar-refractivity contribution in [1.29, 1.82) is 0 Å². The average molecular weight is 333 g/mol. The van der Waals surface area contributed by atoms with Crippen LogP contribution in [0.15, 0.2) is 12.2 Å². The molecule has 0 radical (unpaired) electrons. The fourth-order valence-electron chi connectivity index (χ4n) is 1.48. The molecule has 0 saturated carbocycles. The number of nitrogens with one attached hydrogen (secondary N) is 1. The van der Waals surface area contributed by atoms with Gasteiger partial charge in [-0.05, 0) is 32.5 Å². The van der Waals surface area contributed by atoms with Gasteiger partial charge in [-0.15, -0.1) is 0 Å². The molecule has 22 heavy (non-hydrogen) atoms. The first-order valence-electron chi connectivity index (χ1n) is 7.14. The SMILES string of the molecule is C=C(C)C(=O)OCCOC(=O)CNCCC[Si](C)(OC)OC. The summed E-state index contributed by atoms with van der Waals surface area (Å²) in [6, 6.07) is 0.846.